The standard InChI is InChI=1S/C17H15FN6OS.ClH/c18-6-11(7-19)5-14(24-10-22-23-17(24)25)16-4-3-15(26-16)12-1-2-13(8-20)21-9-12;/h1-4,6,9-10,14H,5,7,19H2,(H,23,25);1H/b11-6+;. The van der Waals surface area contributed by atoms with Gasteiger partial charge in [0, 0.05) is 28.1 Å². The van der Waals surface area contributed by atoms with Gasteiger partial charge in [0.1, 0.15) is 18.1 Å². The van der Waals surface area contributed by atoms with E-state index in [-0.39, 0.29) is 31.1 Å². The van der Waals surface area contributed by atoms with Crippen LogP contribution in [0.5, 0.6) is 0 Å². The Kier molecular flexibility index (Phi) is 7.01. The summed E-state index contributed by atoms with van der Waals surface area (Å²) in [5.74, 6) is 0. The predicted octanol–water partition coefficient (Wildman–Crippen LogP) is 2.78. The lowest BCUT2D eigenvalue weighted by molar-refractivity contribution is 0.556. The minimum atomic E-state index is -0.420. The third kappa shape index (κ3) is 4.49. The molecular formula is C17H16ClFN6OS. The van der Waals surface area contributed by atoms with Crippen LogP contribution in [0.15, 0.2) is 53.5 Å². The topological polar surface area (TPSA) is 113 Å². The Bertz CT molecular complexity index is 1020. The van der Waals surface area contributed by atoms with Crippen molar-refractivity contribution in [2.24, 2.45) is 5.73 Å². The lowest BCUT2D eigenvalue weighted by atomic mass is 10.1. The Morgan fingerprint density at radius 3 is 2.81 bits per heavy atom. The third-order valence-electron chi connectivity index (χ3n) is 3.90. The summed E-state index contributed by atoms with van der Waals surface area (Å²) in [6.07, 6.45) is 3.76. The van der Waals surface area contributed by atoms with E-state index in [0.717, 1.165) is 15.3 Å². The van der Waals surface area contributed by atoms with Gasteiger partial charge in [0.15, 0.2) is 0 Å². The zero-order valence-electron chi connectivity index (χ0n) is 14.0. The van der Waals surface area contributed by atoms with E-state index in [1.54, 1.807) is 12.3 Å². The molecule has 140 valence electrons. The molecule has 3 heterocycles. The SMILES string of the molecule is Cl.N#Cc1ccc(-c2ccc(C(C/C(=C\F)CN)n3cn[nH]c3=O)s2)cn1. The Balaban J connectivity index is 0.00000261. The van der Waals surface area contributed by atoms with Crippen molar-refractivity contribution in [1.29, 1.82) is 5.26 Å². The van der Waals surface area contributed by atoms with E-state index >= 15 is 0 Å². The van der Waals surface area contributed by atoms with Crippen molar-refractivity contribution >= 4 is 23.7 Å². The van der Waals surface area contributed by atoms with Gasteiger partial charge in [0.2, 0.25) is 0 Å². The molecule has 0 saturated heterocycles. The molecule has 0 spiro atoms. The van der Waals surface area contributed by atoms with Crippen molar-refractivity contribution in [1.82, 2.24) is 19.7 Å². The minimum Gasteiger partial charge on any atom is -0.327 e. The van der Waals surface area contributed by atoms with Crippen molar-refractivity contribution in [3.63, 3.8) is 0 Å². The number of halogens is 2. The first-order chi connectivity index (χ1) is 12.7. The lowest BCUT2D eigenvalue weighted by Gasteiger charge is -2.16. The van der Waals surface area contributed by atoms with Crippen LogP contribution in [0.2, 0.25) is 0 Å². The van der Waals surface area contributed by atoms with Crippen LogP contribution in [0.3, 0.4) is 0 Å². The summed E-state index contributed by atoms with van der Waals surface area (Å²) in [6, 6.07) is 8.80. The fourth-order valence-corrected chi connectivity index (χ4v) is 3.63. The quantitative estimate of drug-likeness (QED) is 0.653. The Morgan fingerprint density at radius 2 is 2.26 bits per heavy atom. The molecule has 3 rings (SSSR count). The molecule has 0 bridgehead atoms. The van der Waals surface area contributed by atoms with Gasteiger partial charge in [0.05, 0.1) is 12.4 Å². The fourth-order valence-electron chi connectivity index (χ4n) is 2.53. The molecule has 1 unspecified atom stereocenters. The lowest BCUT2D eigenvalue weighted by Crippen LogP contribution is -2.23. The van der Waals surface area contributed by atoms with E-state index in [2.05, 4.69) is 15.2 Å². The molecule has 0 aromatic carbocycles. The predicted molar refractivity (Wildman–Crippen MR) is 103 cm³/mol. The highest BCUT2D eigenvalue weighted by Crippen LogP contribution is 2.35. The van der Waals surface area contributed by atoms with Crippen LogP contribution in [-0.4, -0.2) is 26.3 Å². The molecule has 3 N–H and O–H groups in total. The number of hydrogen-bond donors (Lipinski definition) is 2. The Morgan fingerprint density at radius 1 is 1.44 bits per heavy atom. The number of pyridine rings is 1. The molecule has 1 atom stereocenters. The van der Waals surface area contributed by atoms with Gasteiger partial charge in [-0.3, -0.25) is 4.57 Å². The minimum absolute atomic E-state index is 0. The van der Waals surface area contributed by atoms with E-state index in [1.807, 2.05) is 24.3 Å². The molecule has 0 aliphatic carbocycles. The highest BCUT2D eigenvalue weighted by Gasteiger charge is 2.20. The first-order valence-corrected chi connectivity index (χ1v) is 8.54. The van der Waals surface area contributed by atoms with E-state index < -0.39 is 6.04 Å². The number of nitriles is 1. The van der Waals surface area contributed by atoms with Crippen LogP contribution in [0.4, 0.5) is 4.39 Å². The third-order valence-corrected chi connectivity index (χ3v) is 5.14. The number of H-pyrrole nitrogens is 1. The number of aromatic nitrogens is 4. The molecule has 0 aliphatic rings. The summed E-state index contributed by atoms with van der Waals surface area (Å²) in [5.41, 5.74) is 6.80. The molecule has 0 aliphatic heterocycles. The monoisotopic (exact) mass is 406 g/mol. The van der Waals surface area contributed by atoms with Gasteiger partial charge >= 0.3 is 5.69 Å². The van der Waals surface area contributed by atoms with Crippen molar-refractivity contribution in [3.8, 4) is 16.5 Å². The van der Waals surface area contributed by atoms with Crippen LogP contribution in [0.25, 0.3) is 10.4 Å². The van der Waals surface area contributed by atoms with E-state index in [1.165, 1.54) is 22.2 Å². The Labute approximate surface area is 164 Å². The second kappa shape index (κ2) is 9.23. The zero-order chi connectivity index (χ0) is 18.5. The molecule has 3 aromatic rings. The molecule has 7 nitrogen and oxygen atoms in total. The summed E-state index contributed by atoms with van der Waals surface area (Å²) in [6.45, 7) is 0.0668. The maximum Gasteiger partial charge on any atom is 0.343 e. The van der Waals surface area contributed by atoms with Crippen molar-refractivity contribution in [3.05, 3.63) is 69.7 Å². The summed E-state index contributed by atoms with van der Waals surface area (Å²) < 4.78 is 14.5. The molecule has 10 heteroatoms. The van der Waals surface area contributed by atoms with Crippen LogP contribution in [-0.2, 0) is 0 Å². The molecular weight excluding hydrogens is 391 g/mol. The zero-order valence-corrected chi connectivity index (χ0v) is 15.6. The maximum atomic E-state index is 13.0. The van der Waals surface area contributed by atoms with E-state index in [4.69, 9.17) is 11.0 Å². The van der Waals surface area contributed by atoms with Gasteiger partial charge in [0.25, 0.3) is 0 Å². The maximum absolute atomic E-state index is 13.0. The number of aromatic amines is 1. The molecule has 3 aromatic heterocycles. The average Bonchev–Trinajstić information content (AvgIpc) is 3.33. The van der Waals surface area contributed by atoms with Crippen molar-refractivity contribution in [2.45, 2.75) is 12.5 Å². The van der Waals surface area contributed by atoms with Crippen molar-refractivity contribution < 1.29 is 4.39 Å². The normalized spacial score (nSPS) is 12.3. The Hall–Kier alpha value is -2.80. The second-order valence-corrected chi connectivity index (χ2v) is 6.62. The highest BCUT2D eigenvalue weighted by atomic mass is 35.5. The first kappa shape index (κ1) is 20.5. The van der Waals surface area contributed by atoms with Gasteiger partial charge in [-0.15, -0.1) is 23.7 Å². The van der Waals surface area contributed by atoms with Gasteiger partial charge in [-0.25, -0.2) is 19.3 Å². The van der Waals surface area contributed by atoms with Gasteiger partial charge in [-0.1, -0.05) is 0 Å². The second-order valence-electron chi connectivity index (χ2n) is 5.51. The van der Waals surface area contributed by atoms with Crippen molar-refractivity contribution in [2.75, 3.05) is 6.54 Å². The van der Waals surface area contributed by atoms with Crippen LogP contribution >= 0.6 is 23.7 Å². The number of thiophene rings is 1. The number of nitrogens with two attached hydrogens (primary N) is 1. The number of nitrogens with zero attached hydrogens (tertiary/aromatic N) is 4. The average molecular weight is 407 g/mol. The molecule has 0 amide bonds. The summed E-state index contributed by atoms with van der Waals surface area (Å²) in [5, 5.41) is 15.0. The number of rotatable bonds is 6. The number of hydrogen-bond acceptors (Lipinski definition) is 6. The molecule has 0 fully saturated rings. The summed E-state index contributed by atoms with van der Waals surface area (Å²) in [4.78, 5) is 17.9. The first-order valence-electron chi connectivity index (χ1n) is 7.72. The van der Waals surface area contributed by atoms with Gasteiger partial charge in [-0.2, -0.15) is 10.4 Å². The van der Waals surface area contributed by atoms with Gasteiger partial charge < -0.3 is 5.73 Å². The van der Waals surface area contributed by atoms with E-state index in [0.29, 0.717) is 17.6 Å². The summed E-state index contributed by atoms with van der Waals surface area (Å²) in [7, 11) is 0. The van der Waals surface area contributed by atoms with Crippen LogP contribution in [0.1, 0.15) is 23.0 Å². The van der Waals surface area contributed by atoms with Crippen LogP contribution in [0, 0.1) is 11.3 Å². The molecule has 0 saturated carbocycles. The van der Waals surface area contributed by atoms with E-state index in [9.17, 15) is 9.18 Å². The summed E-state index contributed by atoms with van der Waals surface area (Å²) >= 11 is 1.46. The largest absolute Gasteiger partial charge is 0.343 e. The fraction of sp³-hybridized carbons (Fsp3) is 0.176. The molecule has 0 radical (unpaired) electrons. The van der Waals surface area contributed by atoms with Crippen LogP contribution < -0.4 is 11.4 Å². The van der Waals surface area contributed by atoms with Gasteiger partial charge in [-0.05, 0) is 36.3 Å². The molecule has 27 heavy (non-hydrogen) atoms. The highest BCUT2D eigenvalue weighted by molar-refractivity contribution is 7.15. The smallest absolute Gasteiger partial charge is 0.327 e. The number of nitrogens with one attached hydrogen (secondary N) is 1.